The third-order valence-electron chi connectivity index (χ3n) is 5.77. The van der Waals surface area contributed by atoms with Crippen molar-refractivity contribution >= 4 is 35.1 Å². The lowest BCUT2D eigenvalue weighted by Crippen LogP contribution is -2.39. The summed E-state index contributed by atoms with van der Waals surface area (Å²) in [7, 11) is 0. The molecule has 1 aliphatic heterocycles. The molecule has 16 heteroatoms. The zero-order valence-electron chi connectivity index (χ0n) is 18.6. The topological polar surface area (TPSA) is 128 Å². The Morgan fingerprint density at radius 3 is 2.92 bits per heavy atom. The number of aromatic amines is 1. The fraction of sp³-hybridized carbons (Fsp3) is 0.500. The third-order valence-corrected chi connectivity index (χ3v) is 6.04. The molecule has 36 heavy (non-hydrogen) atoms. The highest BCUT2D eigenvalue weighted by atomic mass is 35.5. The van der Waals surface area contributed by atoms with Crippen LogP contribution in [0, 0.1) is 0 Å². The van der Waals surface area contributed by atoms with Gasteiger partial charge in [-0.15, -0.1) is 13.2 Å². The first-order valence-corrected chi connectivity index (χ1v) is 11.2. The van der Waals surface area contributed by atoms with Crippen molar-refractivity contribution in [3.8, 4) is 0 Å². The molecule has 0 unspecified atom stereocenters. The lowest BCUT2D eigenvalue weighted by molar-refractivity contribution is -0.330. The van der Waals surface area contributed by atoms with Crippen LogP contribution in [-0.4, -0.2) is 61.4 Å². The van der Waals surface area contributed by atoms with Crippen molar-refractivity contribution in [1.29, 1.82) is 0 Å². The lowest BCUT2D eigenvalue weighted by Gasteiger charge is -2.17. The second-order valence-corrected chi connectivity index (χ2v) is 9.16. The predicted molar refractivity (Wildman–Crippen MR) is 115 cm³/mol. The number of hydrogen-bond acceptors (Lipinski definition) is 8. The van der Waals surface area contributed by atoms with Crippen molar-refractivity contribution < 1.29 is 36.6 Å². The summed E-state index contributed by atoms with van der Waals surface area (Å²) in [5, 5.41) is 12.4. The number of rotatable bonds is 7. The molecule has 3 atom stereocenters. The first-order valence-electron chi connectivity index (χ1n) is 10.8. The molecule has 4 heterocycles. The minimum absolute atomic E-state index is 0.0293. The highest BCUT2D eigenvalue weighted by molar-refractivity contribution is 6.33. The number of H-pyrrole nitrogens is 1. The molecule has 5 rings (SSSR count). The first-order chi connectivity index (χ1) is 17.0. The van der Waals surface area contributed by atoms with Gasteiger partial charge in [-0.2, -0.15) is 5.10 Å². The summed E-state index contributed by atoms with van der Waals surface area (Å²) in [6, 6.07) is 1.47. The monoisotopic (exact) mass is 533 g/mol. The molecule has 0 radical (unpaired) electrons. The zero-order chi connectivity index (χ0) is 25.7. The average Bonchev–Trinajstić information content (AvgIpc) is 3.16. The maximum atomic E-state index is 15.0. The van der Waals surface area contributed by atoms with Gasteiger partial charge in [0, 0.05) is 17.8 Å². The molecule has 0 bridgehead atoms. The minimum atomic E-state index is -4.82. The van der Waals surface area contributed by atoms with Gasteiger partial charge in [0.25, 0.3) is 0 Å². The fourth-order valence-corrected chi connectivity index (χ4v) is 3.82. The molecule has 3 N–H and O–H groups in total. The normalized spacial score (nSPS) is 23.1. The third kappa shape index (κ3) is 5.32. The van der Waals surface area contributed by atoms with Gasteiger partial charge in [-0.25, -0.2) is 19.2 Å². The summed E-state index contributed by atoms with van der Waals surface area (Å²) in [4.78, 5) is 20.2. The van der Waals surface area contributed by atoms with Crippen molar-refractivity contribution in [2.45, 2.75) is 56.7 Å². The van der Waals surface area contributed by atoms with Crippen LogP contribution in [0.1, 0.15) is 37.3 Å². The van der Waals surface area contributed by atoms with Crippen LogP contribution >= 0.6 is 11.6 Å². The Labute approximate surface area is 205 Å². The van der Waals surface area contributed by atoms with Crippen LogP contribution < -0.4 is 10.6 Å². The van der Waals surface area contributed by atoms with E-state index >= 15 is 0 Å². The molecule has 0 aromatic carbocycles. The molecule has 1 saturated carbocycles. The Balaban J connectivity index is 1.26. The number of amides is 1. The second-order valence-electron chi connectivity index (χ2n) is 8.75. The number of fused-ring (bicyclic) bond motifs is 1. The smallest absolute Gasteiger partial charge is 0.441 e. The zero-order valence-corrected chi connectivity index (χ0v) is 19.4. The van der Waals surface area contributed by atoms with E-state index in [2.05, 4.69) is 35.5 Å². The molecular weight excluding hydrogens is 514 g/mol. The molecule has 3 aromatic rings. The predicted octanol–water partition coefficient (Wildman–Crippen LogP) is 3.94. The maximum absolute atomic E-state index is 15.0. The number of anilines is 2. The van der Waals surface area contributed by atoms with Crippen molar-refractivity contribution in [2.24, 2.45) is 0 Å². The molecule has 1 aliphatic carbocycles. The molecule has 2 aliphatic rings. The number of imidazole rings is 1. The van der Waals surface area contributed by atoms with E-state index in [0.717, 1.165) is 12.8 Å². The van der Waals surface area contributed by atoms with E-state index in [0.29, 0.717) is 0 Å². The van der Waals surface area contributed by atoms with Gasteiger partial charge in [0.05, 0.1) is 30.8 Å². The summed E-state index contributed by atoms with van der Waals surface area (Å²) in [5.74, 6) is 0.344. The number of nitrogens with zero attached hydrogens (tertiary/aromatic N) is 4. The van der Waals surface area contributed by atoms with E-state index in [1.165, 1.54) is 22.9 Å². The van der Waals surface area contributed by atoms with Crippen LogP contribution in [0.5, 0.6) is 0 Å². The first kappa shape index (κ1) is 24.5. The number of ether oxygens (including phenoxy) is 3. The van der Waals surface area contributed by atoms with Gasteiger partial charge < -0.3 is 20.1 Å². The van der Waals surface area contributed by atoms with E-state index in [-0.39, 0.29) is 46.0 Å². The van der Waals surface area contributed by atoms with E-state index in [1.54, 1.807) is 0 Å². The molecule has 194 valence electrons. The Hall–Kier alpha value is -3.17. The van der Waals surface area contributed by atoms with Gasteiger partial charge in [0.1, 0.15) is 11.1 Å². The number of aromatic nitrogens is 5. The second kappa shape index (κ2) is 9.05. The Morgan fingerprint density at radius 2 is 2.19 bits per heavy atom. The lowest BCUT2D eigenvalue weighted by atomic mass is 10.1. The van der Waals surface area contributed by atoms with Crippen LogP contribution in [0.4, 0.5) is 34.1 Å². The molecule has 3 aromatic heterocycles. The van der Waals surface area contributed by atoms with Crippen LogP contribution in [0.2, 0.25) is 5.02 Å². The van der Waals surface area contributed by atoms with Crippen molar-refractivity contribution in [2.75, 3.05) is 11.9 Å². The summed E-state index contributed by atoms with van der Waals surface area (Å²) in [6.45, 7) is 0.929. The van der Waals surface area contributed by atoms with E-state index in [4.69, 9.17) is 21.1 Å². The molecular formula is C20H20ClF4N7O4. The van der Waals surface area contributed by atoms with Gasteiger partial charge in [0.2, 0.25) is 5.95 Å². The Kier molecular flexibility index (Phi) is 6.16. The Bertz CT molecular complexity index is 1280. The molecule has 0 spiro atoms. The summed E-state index contributed by atoms with van der Waals surface area (Å²) in [5.41, 5.74) is 0.0971. The number of carbonyl (C=O) groups excluding carboxylic acids is 1. The standard InChI is InChI=1S/C20H20ClF4N7O4/c1-19(2-3-19)29-18(33)36-12-8-34-15(14(12)22)11-4-13(31-30-11)28-17-26-5-10(21)16-27-9(6-32(16)17)7-35-20(23,24)25/h4-6,12,14-15H,2-3,7-8H2,1H3,(H,29,33)(H2,26,28,30,31)/t12-,14-,15-/m1/s1. The highest BCUT2D eigenvalue weighted by Crippen LogP contribution is 2.36. The number of nitrogens with one attached hydrogen (secondary N) is 3. The van der Waals surface area contributed by atoms with E-state index in [1.807, 2.05) is 6.92 Å². The molecule has 11 nitrogen and oxygen atoms in total. The SMILES string of the molecule is CC1(NC(=O)O[C@@H]2CO[C@H](c3cc(Nc4ncc(Cl)c5nc(COC(F)(F)F)cn45)n[nH]3)[C@@H]2F)CC1. The number of halogens is 5. The van der Waals surface area contributed by atoms with Gasteiger partial charge in [-0.3, -0.25) is 14.2 Å². The highest BCUT2D eigenvalue weighted by Gasteiger charge is 2.44. The quantitative estimate of drug-likeness (QED) is 0.390. The van der Waals surface area contributed by atoms with Gasteiger partial charge in [-0.1, -0.05) is 11.6 Å². The van der Waals surface area contributed by atoms with Crippen LogP contribution in [-0.2, 0) is 20.8 Å². The largest absolute Gasteiger partial charge is 0.522 e. The molecule has 2 fully saturated rings. The van der Waals surface area contributed by atoms with Gasteiger partial charge >= 0.3 is 12.5 Å². The fourth-order valence-electron chi connectivity index (χ4n) is 3.64. The van der Waals surface area contributed by atoms with Gasteiger partial charge in [0.15, 0.2) is 23.7 Å². The molecule has 1 amide bonds. The number of alkyl halides is 4. The maximum Gasteiger partial charge on any atom is 0.522 e. The number of hydrogen-bond donors (Lipinski definition) is 3. The summed E-state index contributed by atoms with van der Waals surface area (Å²) < 4.78 is 67.9. The minimum Gasteiger partial charge on any atom is -0.441 e. The van der Waals surface area contributed by atoms with E-state index < -0.39 is 37.4 Å². The van der Waals surface area contributed by atoms with Crippen molar-refractivity contribution in [3.05, 3.63) is 34.9 Å². The number of carbonyl (C=O) groups is 1. The van der Waals surface area contributed by atoms with Gasteiger partial charge in [-0.05, 0) is 19.8 Å². The summed E-state index contributed by atoms with van der Waals surface area (Å²) >= 11 is 6.07. The van der Waals surface area contributed by atoms with Crippen molar-refractivity contribution in [1.82, 2.24) is 29.9 Å². The van der Waals surface area contributed by atoms with E-state index in [9.17, 15) is 22.4 Å². The molecule has 1 saturated heterocycles. The number of alkyl carbamates (subject to hydrolysis) is 1. The Morgan fingerprint density at radius 1 is 1.42 bits per heavy atom. The van der Waals surface area contributed by atoms with Crippen LogP contribution in [0.15, 0.2) is 18.5 Å². The van der Waals surface area contributed by atoms with Crippen LogP contribution in [0.3, 0.4) is 0 Å². The van der Waals surface area contributed by atoms with Crippen molar-refractivity contribution in [3.63, 3.8) is 0 Å². The van der Waals surface area contributed by atoms with Crippen LogP contribution in [0.25, 0.3) is 5.65 Å². The average molecular weight is 534 g/mol. The summed E-state index contributed by atoms with van der Waals surface area (Å²) in [6.07, 6.45) is -5.07.